The normalized spacial score (nSPS) is 12.6. The summed E-state index contributed by atoms with van der Waals surface area (Å²) in [4.78, 5) is 16.9. The van der Waals surface area contributed by atoms with Gasteiger partial charge in [-0.3, -0.25) is 9.89 Å². The van der Waals surface area contributed by atoms with Gasteiger partial charge in [0.15, 0.2) is 0 Å². The van der Waals surface area contributed by atoms with Crippen molar-refractivity contribution in [1.82, 2.24) is 20.5 Å². The van der Waals surface area contributed by atoms with Gasteiger partial charge < -0.3 is 5.32 Å². The number of thiophene rings is 1. The number of aromatic amines is 1. The molecule has 90 valence electrons. The van der Waals surface area contributed by atoms with Gasteiger partial charge in [0.05, 0.1) is 6.04 Å². The van der Waals surface area contributed by atoms with Gasteiger partial charge in [0.1, 0.15) is 6.33 Å². The Morgan fingerprint density at radius 2 is 2.35 bits per heavy atom. The van der Waals surface area contributed by atoms with Crippen molar-refractivity contribution < 1.29 is 4.79 Å². The number of hydrogen-bond donors (Lipinski definition) is 2. The molecule has 2 N–H and O–H groups in total. The van der Waals surface area contributed by atoms with Crippen LogP contribution in [0.5, 0.6) is 0 Å². The molecule has 0 fully saturated rings. The average molecular weight is 250 g/mol. The number of hydrogen-bond acceptors (Lipinski definition) is 4. The summed E-state index contributed by atoms with van der Waals surface area (Å²) in [6.45, 7) is 4.15. The lowest BCUT2D eigenvalue weighted by Crippen LogP contribution is -2.31. The summed E-state index contributed by atoms with van der Waals surface area (Å²) >= 11 is 1.64. The van der Waals surface area contributed by atoms with E-state index in [0.717, 1.165) is 4.88 Å². The Hall–Kier alpha value is -1.69. The molecule has 6 heteroatoms. The van der Waals surface area contributed by atoms with Gasteiger partial charge in [-0.25, -0.2) is 4.98 Å². The second kappa shape index (κ2) is 5.09. The highest BCUT2D eigenvalue weighted by atomic mass is 32.1. The molecule has 2 heterocycles. The monoisotopic (exact) mass is 250 g/mol. The molecule has 0 aromatic carbocycles. The van der Waals surface area contributed by atoms with Crippen molar-refractivity contribution >= 4 is 17.2 Å². The van der Waals surface area contributed by atoms with E-state index in [0.29, 0.717) is 5.92 Å². The summed E-state index contributed by atoms with van der Waals surface area (Å²) in [5.41, 5.74) is 0. The maximum atomic E-state index is 11.9. The Morgan fingerprint density at radius 3 is 2.88 bits per heavy atom. The predicted octanol–water partition coefficient (Wildman–Crippen LogP) is 1.99. The van der Waals surface area contributed by atoms with E-state index in [-0.39, 0.29) is 17.8 Å². The fraction of sp³-hybridized carbons (Fsp3) is 0.364. The zero-order valence-electron chi connectivity index (χ0n) is 9.68. The van der Waals surface area contributed by atoms with Crippen molar-refractivity contribution in [3.63, 3.8) is 0 Å². The third kappa shape index (κ3) is 2.71. The largest absolute Gasteiger partial charge is 0.341 e. The topological polar surface area (TPSA) is 70.7 Å². The first kappa shape index (κ1) is 11.8. The maximum Gasteiger partial charge on any atom is 0.289 e. The van der Waals surface area contributed by atoms with E-state index in [2.05, 4.69) is 34.3 Å². The van der Waals surface area contributed by atoms with Gasteiger partial charge in [-0.1, -0.05) is 19.9 Å². The zero-order chi connectivity index (χ0) is 12.3. The van der Waals surface area contributed by atoms with Crippen LogP contribution in [0.25, 0.3) is 0 Å². The number of amides is 1. The lowest BCUT2D eigenvalue weighted by atomic mass is 10.0. The highest BCUT2D eigenvalue weighted by Gasteiger charge is 2.20. The summed E-state index contributed by atoms with van der Waals surface area (Å²) in [6.07, 6.45) is 1.32. The molecular weight excluding hydrogens is 236 g/mol. The van der Waals surface area contributed by atoms with E-state index in [4.69, 9.17) is 0 Å². The third-order valence-electron chi connectivity index (χ3n) is 2.43. The smallest absolute Gasteiger partial charge is 0.289 e. The number of carbonyl (C=O) groups is 1. The van der Waals surface area contributed by atoms with Crippen LogP contribution in [-0.2, 0) is 0 Å². The average Bonchev–Trinajstić information content (AvgIpc) is 2.97. The fourth-order valence-electron chi connectivity index (χ4n) is 1.56. The molecule has 0 radical (unpaired) electrons. The highest BCUT2D eigenvalue weighted by Crippen LogP contribution is 2.25. The molecule has 1 amide bonds. The standard InChI is InChI=1S/C11H14N4OS/c1-7(2)9(8-4-3-5-17-8)14-11(16)10-12-6-13-15-10/h3-7,9H,1-2H3,(H,14,16)(H,12,13,15). The first-order valence-corrected chi connectivity index (χ1v) is 6.26. The molecule has 0 aliphatic heterocycles. The van der Waals surface area contributed by atoms with Gasteiger partial charge in [0.25, 0.3) is 5.91 Å². The van der Waals surface area contributed by atoms with E-state index in [1.54, 1.807) is 11.3 Å². The van der Waals surface area contributed by atoms with E-state index < -0.39 is 0 Å². The number of rotatable bonds is 4. The molecule has 2 aromatic heterocycles. The SMILES string of the molecule is CC(C)C(NC(=O)c1ncn[nH]1)c1cccs1. The van der Waals surface area contributed by atoms with Gasteiger partial charge in [0.2, 0.25) is 5.82 Å². The second-order valence-corrected chi connectivity index (χ2v) is 5.02. The molecule has 2 rings (SSSR count). The molecule has 1 atom stereocenters. The minimum atomic E-state index is -0.227. The summed E-state index contributed by atoms with van der Waals surface area (Å²) in [6, 6.07) is 4.01. The van der Waals surface area contributed by atoms with Crippen LogP contribution >= 0.6 is 11.3 Å². The molecule has 1 unspecified atom stereocenters. The number of H-pyrrole nitrogens is 1. The fourth-order valence-corrected chi connectivity index (χ4v) is 2.51. The summed E-state index contributed by atoms with van der Waals surface area (Å²) in [5, 5.41) is 11.2. The Balaban J connectivity index is 2.12. The Morgan fingerprint density at radius 1 is 1.53 bits per heavy atom. The van der Waals surface area contributed by atoms with Crippen LogP contribution in [0.4, 0.5) is 0 Å². The summed E-state index contributed by atoms with van der Waals surface area (Å²) in [5.74, 6) is 0.335. The minimum absolute atomic E-state index is 0.00704. The number of aromatic nitrogens is 3. The van der Waals surface area contributed by atoms with E-state index >= 15 is 0 Å². The molecule has 0 saturated carbocycles. The quantitative estimate of drug-likeness (QED) is 0.871. The number of nitrogens with one attached hydrogen (secondary N) is 2. The van der Waals surface area contributed by atoms with Gasteiger partial charge in [-0.05, 0) is 17.4 Å². The van der Waals surface area contributed by atoms with Crippen LogP contribution in [0.2, 0.25) is 0 Å². The maximum absolute atomic E-state index is 11.9. The predicted molar refractivity (Wildman–Crippen MR) is 65.7 cm³/mol. The van der Waals surface area contributed by atoms with Crippen LogP contribution in [0.3, 0.4) is 0 Å². The Bertz CT molecular complexity index is 464. The molecule has 5 nitrogen and oxygen atoms in total. The van der Waals surface area contributed by atoms with Gasteiger partial charge in [-0.2, -0.15) is 5.10 Å². The zero-order valence-corrected chi connectivity index (χ0v) is 10.5. The molecule has 0 spiro atoms. The van der Waals surface area contributed by atoms with Crippen LogP contribution in [0.1, 0.15) is 35.4 Å². The van der Waals surface area contributed by atoms with Crippen LogP contribution in [-0.4, -0.2) is 21.1 Å². The van der Waals surface area contributed by atoms with Crippen LogP contribution < -0.4 is 5.32 Å². The van der Waals surface area contributed by atoms with Gasteiger partial charge in [-0.15, -0.1) is 11.3 Å². The molecule has 17 heavy (non-hydrogen) atoms. The van der Waals surface area contributed by atoms with E-state index in [1.807, 2.05) is 17.5 Å². The second-order valence-electron chi connectivity index (χ2n) is 4.04. The van der Waals surface area contributed by atoms with E-state index in [9.17, 15) is 4.79 Å². The van der Waals surface area contributed by atoms with Crippen molar-refractivity contribution in [1.29, 1.82) is 0 Å². The van der Waals surface area contributed by atoms with E-state index in [1.165, 1.54) is 6.33 Å². The molecule has 0 aliphatic carbocycles. The lowest BCUT2D eigenvalue weighted by molar-refractivity contribution is 0.0916. The van der Waals surface area contributed by atoms with Crippen molar-refractivity contribution in [3.05, 3.63) is 34.5 Å². The van der Waals surface area contributed by atoms with Crippen molar-refractivity contribution in [2.45, 2.75) is 19.9 Å². The first-order chi connectivity index (χ1) is 8.18. The summed E-state index contributed by atoms with van der Waals surface area (Å²) in [7, 11) is 0. The molecular formula is C11H14N4OS. The van der Waals surface area contributed by atoms with Crippen LogP contribution in [0, 0.1) is 5.92 Å². The molecule has 0 aliphatic rings. The van der Waals surface area contributed by atoms with Crippen molar-refractivity contribution in [2.24, 2.45) is 5.92 Å². The van der Waals surface area contributed by atoms with Gasteiger partial charge >= 0.3 is 0 Å². The minimum Gasteiger partial charge on any atom is -0.341 e. The summed E-state index contributed by atoms with van der Waals surface area (Å²) < 4.78 is 0. The highest BCUT2D eigenvalue weighted by molar-refractivity contribution is 7.10. The molecule has 0 bridgehead atoms. The molecule has 0 saturated heterocycles. The first-order valence-electron chi connectivity index (χ1n) is 5.38. The van der Waals surface area contributed by atoms with Crippen molar-refractivity contribution in [2.75, 3.05) is 0 Å². The lowest BCUT2D eigenvalue weighted by Gasteiger charge is -2.20. The van der Waals surface area contributed by atoms with Crippen molar-refractivity contribution in [3.8, 4) is 0 Å². The Kier molecular flexibility index (Phi) is 3.53. The number of nitrogens with zero attached hydrogens (tertiary/aromatic N) is 2. The number of carbonyl (C=O) groups excluding carboxylic acids is 1. The van der Waals surface area contributed by atoms with Crippen LogP contribution in [0.15, 0.2) is 23.8 Å². The Labute approximate surface area is 103 Å². The third-order valence-corrected chi connectivity index (χ3v) is 3.39. The van der Waals surface area contributed by atoms with Gasteiger partial charge in [0, 0.05) is 4.88 Å². The molecule has 2 aromatic rings.